The van der Waals surface area contributed by atoms with Crippen molar-refractivity contribution in [1.82, 2.24) is 4.98 Å². The second kappa shape index (κ2) is 4.85. The first-order chi connectivity index (χ1) is 8.88. The molecule has 5 nitrogen and oxygen atoms in total. The minimum atomic E-state index is -3.80. The zero-order valence-electron chi connectivity index (χ0n) is 10.1. The maximum absolute atomic E-state index is 13.0. The quantitative estimate of drug-likeness (QED) is 0.842. The van der Waals surface area contributed by atoms with Gasteiger partial charge < -0.3 is 5.73 Å². The Morgan fingerprint density at radius 3 is 2.58 bits per heavy atom. The summed E-state index contributed by atoms with van der Waals surface area (Å²) in [7, 11) is -3.80. The van der Waals surface area contributed by atoms with Crippen molar-refractivity contribution in [2.45, 2.75) is 11.8 Å². The fraction of sp³-hybridized carbons (Fsp3) is 0.0833. The zero-order chi connectivity index (χ0) is 14.0. The van der Waals surface area contributed by atoms with Crippen LogP contribution in [0.5, 0.6) is 0 Å². The standard InChI is InChI=1S/C12H12FN3O2S/c1-8-2-3-9(7-15-8)16-19(17,18)10-4-5-11(13)12(14)6-10/h2-7,16H,14H2,1H3. The number of rotatable bonds is 3. The van der Waals surface area contributed by atoms with E-state index in [4.69, 9.17) is 5.73 Å². The maximum atomic E-state index is 13.0. The van der Waals surface area contributed by atoms with Crippen molar-refractivity contribution in [1.29, 1.82) is 0 Å². The van der Waals surface area contributed by atoms with Gasteiger partial charge in [-0.2, -0.15) is 0 Å². The van der Waals surface area contributed by atoms with E-state index in [9.17, 15) is 12.8 Å². The Labute approximate surface area is 110 Å². The van der Waals surface area contributed by atoms with Crippen molar-refractivity contribution < 1.29 is 12.8 Å². The predicted octanol–water partition coefficient (Wildman–Crippen LogP) is 1.91. The highest BCUT2D eigenvalue weighted by molar-refractivity contribution is 7.92. The molecule has 0 aliphatic rings. The second-order valence-corrected chi connectivity index (χ2v) is 5.66. The van der Waals surface area contributed by atoms with Gasteiger partial charge in [0.15, 0.2) is 0 Å². The van der Waals surface area contributed by atoms with Gasteiger partial charge in [-0.1, -0.05) is 0 Å². The summed E-state index contributed by atoms with van der Waals surface area (Å²) in [6.07, 6.45) is 1.40. The first-order valence-corrected chi connectivity index (χ1v) is 6.87. The summed E-state index contributed by atoms with van der Waals surface area (Å²) in [6, 6.07) is 6.50. The molecule has 100 valence electrons. The number of halogens is 1. The topological polar surface area (TPSA) is 85.1 Å². The molecule has 2 rings (SSSR count). The Balaban J connectivity index is 2.32. The molecule has 0 saturated heterocycles. The molecule has 0 amide bonds. The van der Waals surface area contributed by atoms with Gasteiger partial charge >= 0.3 is 0 Å². The van der Waals surface area contributed by atoms with Gasteiger partial charge in [-0.25, -0.2) is 12.8 Å². The minimum absolute atomic E-state index is 0.105. The number of nitrogen functional groups attached to an aromatic ring is 1. The molecule has 0 aliphatic carbocycles. The Bertz CT molecular complexity index is 699. The molecule has 0 bridgehead atoms. The first kappa shape index (κ1) is 13.3. The van der Waals surface area contributed by atoms with E-state index in [2.05, 4.69) is 9.71 Å². The van der Waals surface area contributed by atoms with Crippen LogP contribution in [-0.4, -0.2) is 13.4 Å². The van der Waals surface area contributed by atoms with Crippen LogP contribution in [0.15, 0.2) is 41.4 Å². The van der Waals surface area contributed by atoms with E-state index < -0.39 is 15.8 Å². The molecule has 0 fully saturated rings. The molecule has 2 aromatic rings. The highest BCUT2D eigenvalue weighted by Gasteiger charge is 2.15. The van der Waals surface area contributed by atoms with E-state index in [1.54, 1.807) is 19.1 Å². The van der Waals surface area contributed by atoms with E-state index in [1.807, 2.05) is 0 Å². The number of hydrogen-bond donors (Lipinski definition) is 2. The molecule has 0 aliphatic heterocycles. The van der Waals surface area contributed by atoms with Crippen LogP contribution in [0.4, 0.5) is 15.8 Å². The van der Waals surface area contributed by atoms with E-state index in [0.717, 1.165) is 23.9 Å². The summed E-state index contributed by atoms with van der Waals surface area (Å²) in [6.45, 7) is 1.79. The average Bonchev–Trinajstić information content (AvgIpc) is 2.35. The molecule has 1 aromatic heterocycles. The number of nitrogens with zero attached hydrogens (tertiary/aromatic N) is 1. The molecular weight excluding hydrogens is 269 g/mol. The highest BCUT2D eigenvalue weighted by Crippen LogP contribution is 2.19. The third kappa shape index (κ3) is 3.00. The highest BCUT2D eigenvalue weighted by atomic mass is 32.2. The number of nitrogens with one attached hydrogen (secondary N) is 1. The number of benzene rings is 1. The van der Waals surface area contributed by atoms with E-state index in [-0.39, 0.29) is 10.6 Å². The summed E-state index contributed by atoms with van der Waals surface area (Å²) >= 11 is 0. The lowest BCUT2D eigenvalue weighted by Crippen LogP contribution is -2.13. The number of hydrogen-bond acceptors (Lipinski definition) is 4. The maximum Gasteiger partial charge on any atom is 0.262 e. The van der Waals surface area contributed by atoms with Gasteiger partial charge in [-0.3, -0.25) is 9.71 Å². The monoisotopic (exact) mass is 281 g/mol. The summed E-state index contributed by atoms with van der Waals surface area (Å²) in [5, 5.41) is 0. The molecule has 3 N–H and O–H groups in total. The molecule has 0 saturated carbocycles. The normalized spacial score (nSPS) is 11.3. The second-order valence-electron chi connectivity index (χ2n) is 3.98. The number of nitrogens with two attached hydrogens (primary N) is 1. The van der Waals surface area contributed by atoms with Gasteiger partial charge in [0, 0.05) is 5.69 Å². The molecule has 0 radical (unpaired) electrons. The summed E-state index contributed by atoms with van der Waals surface area (Å²) in [5.74, 6) is -0.657. The van der Waals surface area contributed by atoms with Gasteiger partial charge in [0.05, 0.1) is 22.5 Å². The number of anilines is 2. The van der Waals surface area contributed by atoms with Crippen molar-refractivity contribution in [3.63, 3.8) is 0 Å². The van der Waals surface area contributed by atoms with Crippen LogP contribution < -0.4 is 10.5 Å². The summed E-state index contributed by atoms with van der Waals surface area (Å²) in [4.78, 5) is 3.87. The zero-order valence-corrected chi connectivity index (χ0v) is 10.9. The van der Waals surface area contributed by atoms with Gasteiger partial charge in [0.2, 0.25) is 0 Å². The van der Waals surface area contributed by atoms with Crippen LogP contribution in [0.2, 0.25) is 0 Å². The smallest absolute Gasteiger partial charge is 0.262 e. The van der Waals surface area contributed by atoms with Crippen LogP contribution in [0.25, 0.3) is 0 Å². The van der Waals surface area contributed by atoms with Crippen LogP contribution in [-0.2, 0) is 10.0 Å². The van der Waals surface area contributed by atoms with Gasteiger partial charge in [0.25, 0.3) is 10.0 Å². The lowest BCUT2D eigenvalue weighted by molar-refractivity contribution is 0.600. The first-order valence-electron chi connectivity index (χ1n) is 5.39. The lowest BCUT2D eigenvalue weighted by Gasteiger charge is -2.08. The lowest BCUT2D eigenvalue weighted by atomic mass is 10.3. The minimum Gasteiger partial charge on any atom is -0.396 e. The van der Waals surface area contributed by atoms with Crippen molar-refractivity contribution in [3.8, 4) is 0 Å². The number of pyridine rings is 1. The van der Waals surface area contributed by atoms with E-state index in [0.29, 0.717) is 5.69 Å². The van der Waals surface area contributed by atoms with Crippen LogP contribution in [0, 0.1) is 12.7 Å². The third-order valence-corrected chi connectivity index (χ3v) is 3.82. The SMILES string of the molecule is Cc1ccc(NS(=O)(=O)c2ccc(F)c(N)c2)cn1. The summed E-state index contributed by atoms with van der Waals surface area (Å²) < 4.78 is 39.4. The van der Waals surface area contributed by atoms with Gasteiger partial charge in [0.1, 0.15) is 5.82 Å². The Hall–Kier alpha value is -2.15. The molecular formula is C12H12FN3O2S. The van der Waals surface area contributed by atoms with Gasteiger partial charge in [-0.15, -0.1) is 0 Å². The fourth-order valence-corrected chi connectivity index (χ4v) is 2.51. The van der Waals surface area contributed by atoms with Crippen molar-refractivity contribution in [3.05, 3.63) is 48.0 Å². The molecule has 7 heteroatoms. The van der Waals surface area contributed by atoms with Crippen LogP contribution >= 0.6 is 0 Å². The van der Waals surface area contributed by atoms with Crippen molar-refractivity contribution in [2.24, 2.45) is 0 Å². The molecule has 1 heterocycles. The van der Waals surface area contributed by atoms with Crippen molar-refractivity contribution in [2.75, 3.05) is 10.5 Å². The molecule has 19 heavy (non-hydrogen) atoms. The molecule has 1 aromatic carbocycles. The van der Waals surface area contributed by atoms with Gasteiger partial charge in [-0.05, 0) is 37.3 Å². The largest absolute Gasteiger partial charge is 0.396 e. The molecule has 0 spiro atoms. The predicted molar refractivity (Wildman–Crippen MR) is 70.6 cm³/mol. The Morgan fingerprint density at radius 2 is 2.00 bits per heavy atom. The molecule has 0 atom stereocenters. The van der Waals surface area contributed by atoms with Crippen LogP contribution in [0.3, 0.4) is 0 Å². The number of sulfonamides is 1. The third-order valence-electron chi connectivity index (χ3n) is 2.44. The summed E-state index contributed by atoms with van der Waals surface area (Å²) in [5.41, 5.74) is 6.23. The Kier molecular flexibility index (Phi) is 3.39. The fourth-order valence-electron chi connectivity index (χ4n) is 1.43. The van der Waals surface area contributed by atoms with Crippen molar-refractivity contribution >= 4 is 21.4 Å². The van der Waals surface area contributed by atoms with Crippen LogP contribution in [0.1, 0.15) is 5.69 Å². The average molecular weight is 281 g/mol. The Morgan fingerprint density at radius 1 is 1.26 bits per heavy atom. The van der Waals surface area contributed by atoms with E-state index >= 15 is 0 Å². The van der Waals surface area contributed by atoms with E-state index in [1.165, 1.54) is 6.20 Å². The number of aromatic nitrogens is 1. The number of aryl methyl sites for hydroxylation is 1. The molecule has 0 unspecified atom stereocenters.